The van der Waals surface area contributed by atoms with Gasteiger partial charge in [-0.15, -0.1) is 0 Å². The standard InChI is InChI=1S/C38H52O10Si/c1-38(2)47-32(35(48-38)31(20-19-26-15-11-17-30(26)39)46-36(40)27-13-9-8-10-14-27)18-12-16-28-23-29(43-4)24-33(45-25-42-3)34(28)37(41)44-21-22-49(5,6)7/h8-10,12-14,16,19-20,23-24,26,30-32,35,39H,11,15,17-18,21-22,25H2,1-7H3/b16-12+,20-19-/t26-,30-,31?,32+,35-/m1/s1. The molecule has 4 rings (SSSR count). The zero-order chi connectivity index (χ0) is 35.6. The Bertz CT molecular complexity index is 1450. The molecule has 1 unspecified atom stereocenters. The number of carbonyl (C=O) groups is 2. The van der Waals surface area contributed by atoms with Gasteiger partial charge in [-0.05, 0) is 69.0 Å². The van der Waals surface area contributed by atoms with E-state index in [0.717, 1.165) is 25.3 Å². The number of rotatable bonds is 16. The summed E-state index contributed by atoms with van der Waals surface area (Å²) in [5.74, 6) is -1.19. The predicted molar refractivity (Wildman–Crippen MR) is 190 cm³/mol. The molecule has 1 aliphatic heterocycles. The Morgan fingerprint density at radius 1 is 1.06 bits per heavy atom. The summed E-state index contributed by atoms with van der Waals surface area (Å²) >= 11 is 0. The summed E-state index contributed by atoms with van der Waals surface area (Å²) in [5, 5.41) is 10.5. The van der Waals surface area contributed by atoms with Crippen LogP contribution in [0, 0.1) is 5.92 Å². The monoisotopic (exact) mass is 696 g/mol. The molecular formula is C38H52O10Si. The van der Waals surface area contributed by atoms with Gasteiger partial charge in [0.05, 0.1) is 31.5 Å². The Morgan fingerprint density at radius 3 is 2.47 bits per heavy atom. The third-order valence-electron chi connectivity index (χ3n) is 8.51. The van der Waals surface area contributed by atoms with Crippen LogP contribution in [0.2, 0.25) is 25.7 Å². The molecule has 268 valence electrons. The first-order chi connectivity index (χ1) is 23.3. The van der Waals surface area contributed by atoms with E-state index in [1.54, 1.807) is 49.6 Å². The van der Waals surface area contributed by atoms with Crippen LogP contribution < -0.4 is 9.47 Å². The summed E-state index contributed by atoms with van der Waals surface area (Å²) in [6.45, 7) is 10.6. The molecule has 11 heteroatoms. The molecule has 2 aromatic carbocycles. The van der Waals surface area contributed by atoms with Crippen LogP contribution in [0.5, 0.6) is 11.5 Å². The first-order valence-electron chi connectivity index (χ1n) is 17.0. The fourth-order valence-corrected chi connectivity index (χ4v) is 6.63. The van der Waals surface area contributed by atoms with Crippen LogP contribution >= 0.6 is 0 Å². The van der Waals surface area contributed by atoms with Gasteiger partial charge in [0.2, 0.25) is 0 Å². The molecule has 1 heterocycles. The summed E-state index contributed by atoms with van der Waals surface area (Å²) in [6.07, 6.45) is 7.95. The first-order valence-corrected chi connectivity index (χ1v) is 20.7. The molecule has 2 aliphatic rings. The van der Waals surface area contributed by atoms with Gasteiger partial charge in [0.15, 0.2) is 12.6 Å². The van der Waals surface area contributed by atoms with Crippen LogP contribution in [0.25, 0.3) is 6.08 Å². The van der Waals surface area contributed by atoms with Crippen LogP contribution in [0.4, 0.5) is 0 Å². The van der Waals surface area contributed by atoms with Crippen molar-refractivity contribution in [2.75, 3.05) is 27.6 Å². The highest BCUT2D eigenvalue weighted by molar-refractivity contribution is 6.76. The predicted octanol–water partition coefficient (Wildman–Crippen LogP) is 7.04. The van der Waals surface area contributed by atoms with E-state index in [2.05, 4.69) is 19.6 Å². The average molecular weight is 697 g/mol. The van der Waals surface area contributed by atoms with E-state index in [-0.39, 0.29) is 24.0 Å². The number of esters is 2. The maximum Gasteiger partial charge on any atom is 0.342 e. The normalized spacial score (nSPS) is 22.8. The zero-order valence-corrected chi connectivity index (χ0v) is 30.8. The molecule has 1 saturated heterocycles. The highest BCUT2D eigenvalue weighted by Gasteiger charge is 2.45. The summed E-state index contributed by atoms with van der Waals surface area (Å²) in [5.41, 5.74) is 1.23. The van der Waals surface area contributed by atoms with Crippen LogP contribution in [0.3, 0.4) is 0 Å². The summed E-state index contributed by atoms with van der Waals surface area (Å²) in [4.78, 5) is 26.7. The fourth-order valence-electron chi connectivity index (χ4n) is 5.92. The van der Waals surface area contributed by atoms with Crippen molar-refractivity contribution in [3.63, 3.8) is 0 Å². The molecule has 1 N–H and O–H groups in total. The number of aliphatic hydroxyl groups is 1. The molecule has 1 aliphatic carbocycles. The van der Waals surface area contributed by atoms with Crippen LogP contribution in [0.1, 0.15) is 65.8 Å². The number of methoxy groups -OCH3 is 2. The molecule has 2 aromatic rings. The number of benzene rings is 2. The Kier molecular flexibility index (Phi) is 13.6. The van der Waals surface area contributed by atoms with Gasteiger partial charge in [-0.25, -0.2) is 9.59 Å². The topological polar surface area (TPSA) is 119 Å². The van der Waals surface area contributed by atoms with Gasteiger partial charge in [0.25, 0.3) is 0 Å². The van der Waals surface area contributed by atoms with E-state index in [1.807, 2.05) is 38.1 Å². The smallest absolute Gasteiger partial charge is 0.342 e. The third-order valence-corrected chi connectivity index (χ3v) is 10.2. The summed E-state index contributed by atoms with van der Waals surface area (Å²) in [7, 11) is 1.61. The number of hydrogen-bond acceptors (Lipinski definition) is 10. The molecule has 0 spiro atoms. The SMILES string of the molecule is COCOc1cc(OC)cc(/C=C/C[C@@H]2OC(C)(C)O[C@@H]2C(/C=C\[C@H]2CCC[C@H]2O)OC(=O)c2ccccc2)c1C(=O)OCC[Si](C)(C)C. The molecule has 1 saturated carbocycles. The minimum absolute atomic E-state index is 0.0295. The van der Waals surface area contributed by atoms with Crippen molar-refractivity contribution in [3.05, 3.63) is 77.4 Å². The van der Waals surface area contributed by atoms with Crippen molar-refractivity contribution in [1.82, 2.24) is 0 Å². The van der Waals surface area contributed by atoms with Crippen LogP contribution in [-0.2, 0) is 23.7 Å². The zero-order valence-electron chi connectivity index (χ0n) is 29.8. The van der Waals surface area contributed by atoms with Gasteiger partial charge >= 0.3 is 11.9 Å². The van der Waals surface area contributed by atoms with E-state index in [1.165, 1.54) is 7.11 Å². The highest BCUT2D eigenvalue weighted by Crippen LogP contribution is 2.36. The lowest BCUT2D eigenvalue weighted by molar-refractivity contribution is -0.152. The van der Waals surface area contributed by atoms with Crippen molar-refractivity contribution >= 4 is 26.1 Å². The van der Waals surface area contributed by atoms with E-state index in [0.29, 0.717) is 29.9 Å². The number of carbonyl (C=O) groups excluding carboxylic acids is 2. The van der Waals surface area contributed by atoms with Crippen molar-refractivity contribution in [3.8, 4) is 11.5 Å². The Labute approximate surface area is 291 Å². The van der Waals surface area contributed by atoms with E-state index < -0.39 is 50.2 Å². The van der Waals surface area contributed by atoms with Crippen LogP contribution in [-0.4, -0.2) is 82.9 Å². The molecule has 2 fully saturated rings. The third kappa shape index (κ3) is 11.3. The minimum Gasteiger partial charge on any atom is -0.497 e. The second-order valence-electron chi connectivity index (χ2n) is 14.1. The molecule has 0 aromatic heterocycles. The minimum atomic E-state index is -1.44. The van der Waals surface area contributed by atoms with Crippen molar-refractivity contribution < 1.29 is 47.9 Å². The van der Waals surface area contributed by atoms with Crippen molar-refractivity contribution in [2.45, 2.75) is 95.4 Å². The van der Waals surface area contributed by atoms with E-state index >= 15 is 0 Å². The fraction of sp³-hybridized carbons (Fsp3) is 0.526. The van der Waals surface area contributed by atoms with Gasteiger partial charge in [-0.2, -0.15) is 0 Å². The molecule has 0 amide bonds. The lowest BCUT2D eigenvalue weighted by atomic mass is 9.99. The summed E-state index contributed by atoms with van der Waals surface area (Å²) < 4.78 is 40.9. The second-order valence-corrected chi connectivity index (χ2v) is 19.8. The van der Waals surface area contributed by atoms with Crippen molar-refractivity contribution in [2.24, 2.45) is 5.92 Å². The Balaban J connectivity index is 1.62. The molecular weight excluding hydrogens is 644 g/mol. The lowest BCUT2D eigenvalue weighted by Crippen LogP contribution is -2.37. The van der Waals surface area contributed by atoms with Crippen LogP contribution in [0.15, 0.2) is 60.7 Å². The average Bonchev–Trinajstić information content (AvgIpc) is 3.61. The quantitative estimate of drug-likeness (QED) is 0.0848. The number of hydrogen-bond donors (Lipinski definition) is 1. The number of aliphatic hydroxyl groups excluding tert-OH is 1. The second kappa shape index (κ2) is 17.4. The molecule has 49 heavy (non-hydrogen) atoms. The maximum atomic E-state index is 13.5. The Hall–Kier alpha value is -3.48. The lowest BCUT2D eigenvalue weighted by Gasteiger charge is -2.25. The van der Waals surface area contributed by atoms with Gasteiger partial charge in [-0.3, -0.25) is 0 Å². The van der Waals surface area contributed by atoms with E-state index in [9.17, 15) is 14.7 Å². The van der Waals surface area contributed by atoms with Gasteiger partial charge in [-0.1, -0.05) is 62.5 Å². The largest absolute Gasteiger partial charge is 0.497 e. The molecule has 0 radical (unpaired) electrons. The molecule has 10 nitrogen and oxygen atoms in total. The van der Waals surface area contributed by atoms with Gasteiger partial charge < -0.3 is 38.3 Å². The first kappa shape index (κ1) is 38.3. The highest BCUT2D eigenvalue weighted by atomic mass is 28.3. The molecule has 5 atom stereocenters. The van der Waals surface area contributed by atoms with E-state index in [4.69, 9.17) is 33.2 Å². The van der Waals surface area contributed by atoms with Crippen molar-refractivity contribution in [1.29, 1.82) is 0 Å². The van der Waals surface area contributed by atoms with Gasteiger partial charge in [0, 0.05) is 27.2 Å². The summed E-state index contributed by atoms with van der Waals surface area (Å²) in [6, 6.07) is 13.0. The maximum absolute atomic E-state index is 13.5. The van der Waals surface area contributed by atoms with Gasteiger partial charge in [0.1, 0.15) is 29.3 Å². The Morgan fingerprint density at radius 2 is 1.82 bits per heavy atom. The molecule has 0 bridgehead atoms. The number of ether oxygens (including phenoxy) is 7.